The van der Waals surface area contributed by atoms with Gasteiger partial charge in [0.1, 0.15) is 6.04 Å². The normalized spacial score (nSPS) is 15.0. The molecular weight excluding hydrogens is 456 g/mol. The highest BCUT2D eigenvalue weighted by molar-refractivity contribution is 6.31. The third-order valence-electron chi connectivity index (χ3n) is 7.12. The minimum atomic E-state index is -0.520. The fraction of sp³-hybridized carbons (Fsp3) is 0.400. The summed E-state index contributed by atoms with van der Waals surface area (Å²) in [5, 5.41) is 6.19. The van der Waals surface area contributed by atoms with Crippen LogP contribution in [0.4, 0.5) is 0 Å². The summed E-state index contributed by atoms with van der Waals surface area (Å²) in [7, 11) is 0. The third-order valence-corrected chi connectivity index (χ3v) is 7.49. The molecule has 0 aliphatic heterocycles. The fourth-order valence-corrected chi connectivity index (χ4v) is 5.37. The van der Waals surface area contributed by atoms with Gasteiger partial charge < -0.3 is 10.2 Å². The number of nitrogens with one attached hydrogen (secondary N) is 1. The molecule has 0 unspecified atom stereocenters. The van der Waals surface area contributed by atoms with Crippen molar-refractivity contribution >= 4 is 34.2 Å². The van der Waals surface area contributed by atoms with Crippen LogP contribution in [0, 0.1) is 0 Å². The van der Waals surface area contributed by atoms with Crippen molar-refractivity contribution in [1.82, 2.24) is 10.2 Å². The smallest absolute Gasteiger partial charge is 0.243 e. The maximum absolute atomic E-state index is 13.7. The van der Waals surface area contributed by atoms with E-state index in [-0.39, 0.29) is 17.9 Å². The first-order chi connectivity index (χ1) is 17.1. The van der Waals surface area contributed by atoms with Crippen LogP contribution in [0.15, 0.2) is 66.7 Å². The quantitative estimate of drug-likeness (QED) is 0.363. The second kappa shape index (κ2) is 12.2. The van der Waals surface area contributed by atoms with Crippen LogP contribution in [0.5, 0.6) is 0 Å². The van der Waals surface area contributed by atoms with Gasteiger partial charge in [-0.2, -0.15) is 0 Å². The molecule has 1 atom stereocenters. The first-order valence-electron chi connectivity index (χ1n) is 12.9. The zero-order chi connectivity index (χ0) is 24.6. The van der Waals surface area contributed by atoms with Crippen molar-refractivity contribution in [3.63, 3.8) is 0 Å². The maximum atomic E-state index is 13.7. The summed E-state index contributed by atoms with van der Waals surface area (Å²) >= 11 is 6.46. The van der Waals surface area contributed by atoms with Crippen molar-refractivity contribution in [2.24, 2.45) is 0 Å². The SMILES string of the molecule is CC[C@@H](C(=O)NC1CCCCC1)N(Cc1ccccc1Cl)C(=O)CCc1cccc2ccccc12. The largest absolute Gasteiger partial charge is 0.352 e. The lowest BCUT2D eigenvalue weighted by molar-refractivity contribution is -0.141. The molecule has 3 aromatic rings. The average Bonchev–Trinajstić information content (AvgIpc) is 2.88. The molecule has 184 valence electrons. The van der Waals surface area contributed by atoms with Crippen molar-refractivity contribution in [2.45, 2.75) is 76.9 Å². The van der Waals surface area contributed by atoms with E-state index in [9.17, 15) is 9.59 Å². The van der Waals surface area contributed by atoms with Crippen molar-refractivity contribution in [1.29, 1.82) is 0 Å². The second-order valence-corrected chi connectivity index (χ2v) is 9.93. The Bertz CT molecular complexity index is 1150. The average molecular weight is 491 g/mol. The van der Waals surface area contributed by atoms with E-state index in [1.165, 1.54) is 17.2 Å². The molecule has 1 aliphatic rings. The van der Waals surface area contributed by atoms with Crippen LogP contribution < -0.4 is 5.32 Å². The Hall–Kier alpha value is -2.85. The van der Waals surface area contributed by atoms with Gasteiger partial charge in [0.2, 0.25) is 11.8 Å². The van der Waals surface area contributed by atoms with Crippen molar-refractivity contribution < 1.29 is 9.59 Å². The fourth-order valence-electron chi connectivity index (χ4n) is 5.17. The number of benzene rings is 3. The van der Waals surface area contributed by atoms with E-state index in [0.29, 0.717) is 30.8 Å². The van der Waals surface area contributed by atoms with E-state index in [0.717, 1.165) is 36.8 Å². The van der Waals surface area contributed by atoms with Crippen LogP contribution >= 0.6 is 11.6 Å². The van der Waals surface area contributed by atoms with Gasteiger partial charge in [-0.25, -0.2) is 0 Å². The Balaban J connectivity index is 1.54. The van der Waals surface area contributed by atoms with Crippen LogP contribution in [0.1, 0.15) is 63.0 Å². The summed E-state index contributed by atoms with van der Waals surface area (Å²) in [5.74, 6) is -0.0755. The molecule has 4 rings (SSSR count). The highest BCUT2D eigenvalue weighted by Gasteiger charge is 2.30. The number of fused-ring (bicyclic) bond motifs is 1. The van der Waals surface area contributed by atoms with Gasteiger partial charge in [0, 0.05) is 24.0 Å². The van der Waals surface area contributed by atoms with Crippen molar-refractivity contribution in [3.8, 4) is 0 Å². The van der Waals surface area contributed by atoms with Crippen LogP contribution in [0.25, 0.3) is 10.8 Å². The molecule has 0 saturated heterocycles. The molecule has 35 heavy (non-hydrogen) atoms. The van der Waals surface area contributed by atoms with Gasteiger partial charge in [0.05, 0.1) is 0 Å². The molecule has 0 radical (unpaired) electrons. The number of carbonyl (C=O) groups excluding carboxylic acids is 2. The number of hydrogen-bond donors (Lipinski definition) is 1. The molecule has 1 N–H and O–H groups in total. The van der Waals surface area contributed by atoms with Gasteiger partial charge in [0.25, 0.3) is 0 Å². The summed E-state index contributed by atoms with van der Waals surface area (Å²) in [6, 6.07) is 21.7. The maximum Gasteiger partial charge on any atom is 0.243 e. The van der Waals surface area contributed by atoms with E-state index in [4.69, 9.17) is 11.6 Å². The third kappa shape index (κ3) is 6.43. The first-order valence-corrected chi connectivity index (χ1v) is 13.2. The molecule has 5 heteroatoms. The zero-order valence-electron chi connectivity index (χ0n) is 20.5. The molecule has 0 bridgehead atoms. The zero-order valence-corrected chi connectivity index (χ0v) is 21.3. The second-order valence-electron chi connectivity index (χ2n) is 9.52. The van der Waals surface area contributed by atoms with E-state index >= 15 is 0 Å². The number of rotatable bonds is 9. The minimum Gasteiger partial charge on any atom is -0.352 e. The van der Waals surface area contributed by atoms with E-state index in [1.807, 2.05) is 49.4 Å². The molecule has 4 nitrogen and oxygen atoms in total. The standard InChI is InChI=1S/C30H35ClN2O2/c1-2-28(30(35)32-25-15-4-3-5-16-25)33(21-24-12-7-9-18-27(24)31)29(34)20-19-23-14-10-13-22-11-6-8-17-26(22)23/h6-14,17-18,25,28H,2-5,15-16,19-21H2,1H3,(H,32,35)/t28-/m0/s1. The summed E-state index contributed by atoms with van der Waals surface area (Å²) in [4.78, 5) is 28.8. The Labute approximate surface area is 213 Å². The molecule has 3 aromatic carbocycles. The molecule has 1 aliphatic carbocycles. The summed E-state index contributed by atoms with van der Waals surface area (Å²) in [6.07, 6.45) is 7.08. The first kappa shape index (κ1) is 25.2. The Morgan fingerprint density at radius 2 is 1.63 bits per heavy atom. The predicted molar refractivity (Wildman–Crippen MR) is 143 cm³/mol. The number of hydrogen-bond acceptors (Lipinski definition) is 2. The van der Waals surface area contributed by atoms with Crippen molar-refractivity contribution in [3.05, 3.63) is 82.9 Å². The minimum absolute atomic E-state index is 0.0245. The van der Waals surface area contributed by atoms with Crippen LogP contribution in [-0.4, -0.2) is 28.8 Å². The van der Waals surface area contributed by atoms with Gasteiger partial charge in [-0.3, -0.25) is 9.59 Å². The number of halogens is 1. The lowest BCUT2D eigenvalue weighted by Gasteiger charge is -2.33. The highest BCUT2D eigenvalue weighted by Crippen LogP contribution is 2.24. The highest BCUT2D eigenvalue weighted by atomic mass is 35.5. The molecule has 0 aromatic heterocycles. The topological polar surface area (TPSA) is 49.4 Å². The summed E-state index contributed by atoms with van der Waals surface area (Å²) < 4.78 is 0. The number of aryl methyl sites for hydroxylation is 1. The lowest BCUT2D eigenvalue weighted by Crippen LogP contribution is -2.51. The van der Waals surface area contributed by atoms with Crippen molar-refractivity contribution in [2.75, 3.05) is 0 Å². The van der Waals surface area contributed by atoms with Gasteiger partial charge in [-0.15, -0.1) is 0 Å². The van der Waals surface area contributed by atoms with Gasteiger partial charge >= 0.3 is 0 Å². The molecule has 1 saturated carbocycles. The van der Waals surface area contributed by atoms with Gasteiger partial charge in [-0.1, -0.05) is 98.5 Å². The van der Waals surface area contributed by atoms with Gasteiger partial charge in [-0.05, 0) is 53.6 Å². The molecular formula is C30H35ClN2O2. The van der Waals surface area contributed by atoms with Gasteiger partial charge in [0.15, 0.2) is 0 Å². The summed E-state index contributed by atoms with van der Waals surface area (Å²) in [6.45, 7) is 2.30. The van der Waals surface area contributed by atoms with E-state index in [1.54, 1.807) is 4.90 Å². The number of amides is 2. The van der Waals surface area contributed by atoms with E-state index in [2.05, 4.69) is 29.6 Å². The number of nitrogens with zero attached hydrogens (tertiary/aromatic N) is 1. The number of carbonyl (C=O) groups is 2. The molecule has 1 fully saturated rings. The predicted octanol–water partition coefficient (Wildman–Crippen LogP) is 6.68. The van der Waals surface area contributed by atoms with Crippen LogP contribution in [0.3, 0.4) is 0 Å². The Morgan fingerprint density at radius 1 is 0.943 bits per heavy atom. The summed E-state index contributed by atoms with van der Waals surface area (Å²) in [5.41, 5.74) is 2.01. The molecule has 0 heterocycles. The van der Waals surface area contributed by atoms with E-state index < -0.39 is 6.04 Å². The molecule has 0 spiro atoms. The monoisotopic (exact) mass is 490 g/mol. The van der Waals surface area contributed by atoms with Crippen LogP contribution in [-0.2, 0) is 22.6 Å². The molecule has 2 amide bonds. The lowest BCUT2D eigenvalue weighted by atomic mass is 9.95. The Morgan fingerprint density at radius 3 is 2.40 bits per heavy atom. The van der Waals surface area contributed by atoms with Crippen LogP contribution in [0.2, 0.25) is 5.02 Å². The Kier molecular flexibility index (Phi) is 8.81.